The fourth-order valence-corrected chi connectivity index (χ4v) is 2.73. The zero-order valence-corrected chi connectivity index (χ0v) is 12.0. The SMILES string of the molecule is Cc1ccc(C)c(CN2CC(O)CCC2(C)C)c1. The van der Waals surface area contributed by atoms with Gasteiger partial charge < -0.3 is 5.11 Å². The number of nitrogens with zero attached hydrogens (tertiary/aromatic N) is 1. The Hall–Kier alpha value is -0.860. The molecule has 0 aromatic heterocycles. The highest BCUT2D eigenvalue weighted by Gasteiger charge is 2.33. The lowest BCUT2D eigenvalue weighted by molar-refractivity contribution is -0.00969. The standard InChI is InChI=1S/C16H25NO/c1-12-5-6-13(2)14(9-12)10-17-11-15(18)7-8-16(17,3)4/h5-6,9,15,18H,7-8,10-11H2,1-4H3. The Bertz CT molecular complexity index is 425. The lowest BCUT2D eigenvalue weighted by Gasteiger charge is -2.44. The second-order valence-electron chi connectivity index (χ2n) is 6.32. The average Bonchev–Trinajstić information content (AvgIpc) is 2.29. The zero-order chi connectivity index (χ0) is 13.3. The number of piperidine rings is 1. The number of likely N-dealkylation sites (tertiary alicyclic amines) is 1. The lowest BCUT2D eigenvalue weighted by atomic mass is 9.88. The molecule has 1 atom stereocenters. The van der Waals surface area contributed by atoms with E-state index >= 15 is 0 Å². The van der Waals surface area contributed by atoms with E-state index in [1.807, 2.05) is 0 Å². The summed E-state index contributed by atoms with van der Waals surface area (Å²) >= 11 is 0. The van der Waals surface area contributed by atoms with Gasteiger partial charge in [-0.05, 0) is 51.7 Å². The molecule has 0 amide bonds. The van der Waals surface area contributed by atoms with E-state index in [4.69, 9.17) is 0 Å². The molecule has 2 heteroatoms. The van der Waals surface area contributed by atoms with Gasteiger partial charge in [0.25, 0.3) is 0 Å². The molecule has 2 nitrogen and oxygen atoms in total. The second-order valence-corrected chi connectivity index (χ2v) is 6.32. The van der Waals surface area contributed by atoms with E-state index in [2.05, 4.69) is 50.8 Å². The summed E-state index contributed by atoms with van der Waals surface area (Å²) in [7, 11) is 0. The molecule has 0 spiro atoms. The summed E-state index contributed by atoms with van der Waals surface area (Å²) in [5.41, 5.74) is 4.23. The van der Waals surface area contributed by atoms with Crippen LogP contribution in [0, 0.1) is 13.8 Å². The van der Waals surface area contributed by atoms with Gasteiger partial charge in [-0.15, -0.1) is 0 Å². The molecule has 1 N–H and O–H groups in total. The van der Waals surface area contributed by atoms with Crippen molar-refractivity contribution in [2.24, 2.45) is 0 Å². The van der Waals surface area contributed by atoms with Crippen LogP contribution in [-0.4, -0.2) is 28.2 Å². The first-order valence-corrected chi connectivity index (χ1v) is 6.88. The van der Waals surface area contributed by atoms with Gasteiger partial charge in [-0.3, -0.25) is 4.90 Å². The Labute approximate surface area is 111 Å². The monoisotopic (exact) mass is 247 g/mol. The maximum Gasteiger partial charge on any atom is 0.0668 e. The first kappa shape index (κ1) is 13.6. The van der Waals surface area contributed by atoms with Gasteiger partial charge >= 0.3 is 0 Å². The maximum atomic E-state index is 9.87. The van der Waals surface area contributed by atoms with Gasteiger partial charge in [0.05, 0.1) is 6.10 Å². The number of rotatable bonds is 2. The minimum Gasteiger partial charge on any atom is -0.392 e. The van der Waals surface area contributed by atoms with E-state index in [0.29, 0.717) is 0 Å². The van der Waals surface area contributed by atoms with Crippen molar-refractivity contribution in [1.82, 2.24) is 4.90 Å². The van der Waals surface area contributed by atoms with Crippen molar-refractivity contribution in [3.05, 3.63) is 34.9 Å². The van der Waals surface area contributed by atoms with Crippen LogP contribution in [0.5, 0.6) is 0 Å². The summed E-state index contributed by atoms with van der Waals surface area (Å²) in [6, 6.07) is 6.62. The molecule has 18 heavy (non-hydrogen) atoms. The van der Waals surface area contributed by atoms with E-state index in [-0.39, 0.29) is 11.6 Å². The quantitative estimate of drug-likeness (QED) is 0.868. The third-order valence-electron chi connectivity index (χ3n) is 4.24. The average molecular weight is 247 g/mol. The molecule has 1 saturated heterocycles. The Balaban J connectivity index is 2.18. The molecule has 1 aliphatic rings. The zero-order valence-electron chi connectivity index (χ0n) is 12.0. The molecular weight excluding hydrogens is 222 g/mol. The number of β-amino-alcohol motifs (C(OH)–C–C–N with tert-alkyl or cyclic N) is 1. The summed E-state index contributed by atoms with van der Waals surface area (Å²) in [5, 5.41) is 9.87. The Morgan fingerprint density at radius 3 is 2.78 bits per heavy atom. The third kappa shape index (κ3) is 2.93. The highest BCUT2D eigenvalue weighted by Crippen LogP contribution is 2.29. The number of aliphatic hydroxyl groups excluding tert-OH is 1. The van der Waals surface area contributed by atoms with Gasteiger partial charge in [0.1, 0.15) is 0 Å². The van der Waals surface area contributed by atoms with Gasteiger partial charge in [0, 0.05) is 18.6 Å². The Morgan fingerprint density at radius 1 is 1.33 bits per heavy atom. The minimum absolute atomic E-state index is 0.164. The summed E-state index contributed by atoms with van der Waals surface area (Å²) in [6.07, 6.45) is 1.83. The number of hydrogen-bond acceptors (Lipinski definition) is 2. The summed E-state index contributed by atoms with van der Waals surface area (Å²) < 4.78 is 0. The van der Waals surface area contributed by atoms with Crippen molar-refractivity contribution >= 4 is 0 Å². The van der Waals surface area contributed by atoms with Crippen LogP contribution < -0.4 is 0 Å². The van der Waals surface area contributed by atoms with Crippen LogP contribution in [0.2, 0.25) is 0 Å². The highest BCUT2D eigenvalue weighted by molar-refractivity contribution is 5.30. The Morgan fingerprint density at radius 2 is 2.06 bits per heavy atom. The van der Waals surface area contributed by atoms with Crippen LogP contribution in [0.25, 0.3) is 0 Å². The third-order valence-corrected chi connectivity index (χ3v) is 4.24. The molecule has 1 aliphatic heterocycles. The predicted octanol–water partition coefficient (Wildman–Crippen LogP) is 3.04. The normalized spacial score (nSPS) is 24.2. The predicted molar refractivity (Wildman–Crippen MR) is 75.6 cm³/mol. The fourth-order valence-electron chi connectivity index (χ4n) is 2.73. The molecule has 0 radical (unpaired) electrons. The molecule has 0 saturated carbocycles. The van der Waals surface area contributed by atoms with Crippen molar-refractivity contribution in [1.29, 1.82) is 0 Å². The van der Waals surface area contributed by atoms with Crippen LogP contribution in [0.4, 0.5) is 0 Å². The number of benzene rings is 1. The first-order chi connectivity index (χ1) is 8.38. The van der Waals surface area contributed by atoms with Gasteiger partial charge in [0.15, 0.2) is 0 Å². The second kappa shape index (κ2) is 5.02. The van der Waals surface area contributed by atoms with Crippen LogP contribution in [0.15, 0.2) is 18.2 Å². The number of hydrogen-bond donors (Lipinski definition) is 1. The van der Waals surface area contributed by atoms with E-state index in [9.17, 15) is 5.11 Å². The smallest absolute Gasteiger partial charge is 0.0668 e. The summed E-state index contributed by atoms with van der Waals surface area (Å²) in [6.45, 7) is 10.6. The van der Waals surface area contributed by atoms with Gasteiger partial charge in [0.2, 0.25) is 0 Å². The van der Waals surface area contributed by atoms with Crippen LogP contribution in [-0.2, 0) is 6.54 Å². The maximum absolute atomic E-state index is 9.87. The highest BCUT2D eigenvalue weighted by atomic mass is 16.3. The lowest BCUT2D eigenvalue weighted by Crippen LogP contribution is -2.51. The minimum atomic E-state index is -0.164. The molecule has 1 unspecified atom stereocenters. The molecular formula is C16H25NO. The fraction of sp³-hybridized carbons (Fsp3) is 0.625. The van der Waals surface area contributed by atoms with E-state index in [1.54, 1.807) is 0 Å². The molecule has 1 aromatic rings. The van der Waals surface area contributed by atoms with Crippen molar-refractivity contribution in [3.63, 3.8) is 0 Å². The number of aliphatic hydroxyl groups is 1. The molecule has 1 fully saturated rings. The van der Waals surface area contributed by atoms with Gasteiger partial charge in [-0.25, -0.2) is 0 Å². The molecule has 0 aliphatic carbocycles. The molecule has 1 heterocycles. The molecule has 2 rings (SSSR count). The van der Waals surface area contributed by atoms with Crippen LogP contribution in [0.1, 0.15) is 43.4 Å². The summed E-state index contributed by atoms with van der Waals surface area (Å²) in [4.78, 5) is 2.42. The van der Waals surface area contributed by atoms with Crippen LogP contribution in [0.3, 0.4) is 0 Å². The van der Waals surface area contributed by atoms with Gasteiger partial charge in [-0.2, -0.15) is 0 Å². The Kier molecular flexibility index (Phi) is 3.79. The largest absolute Gasteiger partial charge is 0.392 e. The van der Waals surface area contributed by atoms with E-state index in [1.165, 1.54) is 16.7 Å². The first-order valence-electron chi connectivity index (χ1n) is 6.88. The van der Waals surface area contributed by atoms with Crippen molar-refractivity contribution < 1.29 is 5.11 Å². The van der Waals surface area contributed by atoms with Crippen molar-refractivity contribution in [2.75, 3.05) is 6.54 Å². The van der Waals surface area contributed by atoms with Gasteiger partial charge in [-0.1, -0.05) is 23.8 Å². The molecule has 100 valence electrons. The number of aryl methyl sites for hydroxylation is 2. The van der Waals surface area contributed by atoms with Crippen molar-refractivity contribution in [3.8, 4) is 0 Å². The summed E-state index contributed by atoms with van der Waals surface area (Å²) in [5.74, 6) is 0. The topological polar surface area (TPSA) is 23.5 Å². The molecule has 1 aromatic carbocycles. The van der Waals surface area contributed by atoms with Crippen molar-refractivity contribution in [2.45, 2.75) is 58.7 Å². The molecule has 0 bridgehead atoms. The van der Waals surface area contributed by atoms with E-state index < -0.39 is 0 Å². The van der Waals surface area contributed by atoms with E-state index in [0.717, 1.165) is 25.9 Å². The van der Waals surface area contributed by atoms with Crippen LogP contribution >= 0.6 is 0 Å².